The quantitative estimate of drug-likeness (QED) is 0.488. The highest BCUT2D eigenvalue weighted by atomic mass is 35.5. The summed E-state index contributed by atoms with van der Waals surface area (Å²) in [6.45, 7) is 0. The summed E-state index contributed by atoms with van der Waals surface area (Å²) >= 11 is 5.88. The van der Waals surface area contributed by atoms with Crippen LogP contribution in [0, 0.1) is 11.3 Å². The third-order valence-electron chi connectivity index (χ3n) is 2.20. The van der Waals surface area contributed by atoms with Crippen LogP contribution in [0.2, 0.25) is 5.02 Å². The number of carbonyl (C=O) groups is 1. The Morgan fingerprint density at radius 1 is 1.42 bits per heavy atom. The minimum Gasteiger partial charge on any atom is -0.465 e. The van der Waals surface area contributed by atoms with Crippen molar-refractivity contribution in [1.82, 2.24) is 0 Å². The van der Waals surface area contributed by atoms with Crippen LogP contribution in [0.15, 0.2) is 47.1 Å². The largest absolute Gasteiger partial charge is 0.465 e. The number of nitrogens with zero attached hydrogens (tertiary/aromatic N) is 1. The molecular formula is C14H8ClNO3. The van der Waals surface area contributed by atoms with Crippen molar-refractivity contribution in [3.8, 4) is 11.8 Å². The van der Waals surface area contributed by atoms with Gasteiger partial charge in [-0.15, -0.1) is 0 Å². The Balaban J connectivity index is 2.05. The zero-order valence-electron chi connectivity index (χ0n) is 9.67. The molecule has 0 spiro atoms. The molecule has 0 bridgehead atoms. The third kappa shape index (κ3) is 3.47. The van der Waals surface area contributed by atoms with Crippen LogP contribution in [0.5, 0.6) is 5.75 Å². The van der Waals surface area contributed by atoms with Crippen LogP contribution >= 0.6 is 11.6 Å². The SMILES string of the molecule is N#Cc1ccc(OC(=O)/C=C/c2ccco2)c(Cl)c1. The van der Waals surface area contributed by atoms with Crippen LogP contribution in [0.25, 0.3) is 6.08 Å². The molecule has 2 aromatic rings. The maximum atomic E-state index is 11.5. The molecule has 2 rings (SSSR count). The van der Waals surface area contributed by atoms with Gasteiger partial charge in [-0.1, -0.05) is 11.6 Å². The first-order chi connectivity index (χ1) is 9.19. The molecule has 0 saturated heterocycles. The van der Waals surface area contributed by atoms with Crippen molar-refractivity contribution in [1.29, 1.82) is 5.26 Å². The Morgan fingerprint density at radius 2 is 2.26 bits per heavy atom. The summed E-state index contributed by atoms with van der Waals surface area (Å²) in [5.74, 6) is 0.167. The van der Waals surface area contributed by atoms with Gasteiger partial charge in [0.2, 0.25) is 0 Å². The normalized spacial score (nSPS) is 10.3. The van der Waals surface area contributed by atoms with Gasteiger partial charge in [-0.2, -0.15) is 5.26 Å². The topological polar surface area (TPSA) is 63.2 Å². The van der Waals surface area contributed by atoms with Crippen LogP contribution in [0.1, 0.15) is 11.3 Å². The maximum absolute atomic E-state index is 11.5. The molecule has 1 aromatic carbocycles. The predicted octanol–water partition coefficient (Wildman–Crippen LogP) is 3.42. The van der Waals surface area contributed by atoms with Gasteiger partial charge in [-0.25, -0.2) is 4.79 Å². The van der Waals surface area contributed by atoms with Gasteiger partial charge in [0.05, 0.1) is 22.9 Å². The lowest BCUT2D eigenvalue weighted by atomic mass is 10.2. The Bertz CT molecular complexity index is 654. The van der Waals surface area contributed by atoms with Gasteiger partial charge >= 0.3 is 5.97 Å². The molecular weight excluding hydrogens is 266 g/mol. The number of rotatable bonds is 3. The summed E-state index contributed by atoms with van der Waals surface area (Å²) < 4.78 is 10.1. The molecule has 5 heteroatoms. The Kier molecular flexibility index (Phi) is 4.01. The number of furan rings is 1. The number of ether oxygens (including phenoxy) is 1. The lowest BCUT2D eigenvalue weighted by Gasteiger charge is -2.03. The number of nitriles is 1. The molecule has 0 fully saturated rings. The van der Waals surface area contributed by atoms with E-state index in [9.17, 15) is 4.79 Å². The van der Waals surface area contributed by atoms with Gasteiger partial charge in [0, 0.05) is 6.08 Å². The highest BCUT2D eigenvalue weighted by Crippen LogP contribution is 2.25. The Morgan fingerprint density at radius 3 is 2.89 bits per heavy atom. The molecule has 0 atom stereocenters. The van der Waals surface area contributed by atoms with E-state index in [1.807, 2.05) is 6.07 Å². The van der Waals surface area contributed by atoms with Gasteiger partial charge in [-0.3, -0.25) is 0 Å². The highest BCUT2D eigenvalue weighted by Gasteiger charge is 2.06. The number of carbonyl (C=O) groups excluding carboxylic acids is 1. The van der Waals surface area contributed by atoms with Crippen molar-refractivity contribution in [2.75, 3.05) is 0 Å². The lowest BCUT2D eigenvalue weighted by Crippen LogP contribution is -2.04. The van der Waals surface area contributed by atoms with E-state index < -0.39 is 5.97 Å². The zero-order chi connectivity index (χ0) is 13.7. The molecule has 0 amide bonds. The molecule has 0 aliphatic carbocycles. The summed E-state index contributed by atoms with van der Waals surface area (Å²) in [4.78, 5) is 11.5. The van der Waals surface area contributed by atoms with E-state index in [-0.39, 0.29) is 10.8 Å². The van der Waals surface area contributed by atoms with Crippen LogP contribution in [0.3, 0.4) is 0 Å². The number of hydrogen-bond acceptors (Lipinski definition) is 4. The van der Waals surface area contributed by atoms with Crippen molar-refractivity contribution < 1.29 is 13.9 Å². The van der Waals surface area contributed by atoms with Gasteiger partial charge in [-0.05, 0) is 36.4 Å². The van der Waals surface area contributed by atoms with Crippen LogP contribution in [-0.2, 0) is 4.79 Å². The maximum Gasteiger partial charge on any atom is 0.336 e. The van der Waals surface area contributed by atoms with Crippen LogP contribution < -0.4 is 4.74 Å². The molecule has 0 saturated carbocycles. The molecule has 0 aliphatic rings. The number of halogens is 1. The second kappa shape index (κ2) is 5.89. The van der Waals surface area contributed by atoms with Crippen molar-refractivity contribution in [3.05, 3.63) is 59.0 Å². The standard InChI is InChI=1S/C14H8ClNO3/c15-12-8-10(9-16)3-5-13(12)19-14(17)6-4-11-2-1-7-18-11/h1-8H/b6-4+. The van der Waals surface area contributed by atoms with Crippen molar-refractivity contribution in [3.63, 3.8) is 0 Å². The van der Waals surface area contributed by atoms with Gasteiger partial charge < -0.3 is 9.15 Å². The van der Waals surface area contributed by atoms with E-state index in [0.717, 1.165) is 0 Å². The molecule has 0 N–H and O–H groups in total. The lowest BCUT2D eigenvalue weighted by molar-refractivity contribution is -0.128. The molecule has 19 heavy (non-hydrogen) atoms. The summed E-state index contributed by atoms with van der Waals surface area (Å²) in [6, 6.07) is 9.78. The molecule has 1 aromatic heterocycles. The Labute approximate surface area is 114 Å². The van der Waals surface area contributed by atoms with Crippen molar-refractivity contribution in [2.24, 2.45) is 0 Å². The third-order valence-corrected chi connectivity index (χ3v) is 2.49. The minimum atomic E-state index is -0.581. The second-order valence-corrected chi connectivity index (χ2v) is 3.93. The highest BCUT2D eigenvalue weighted by molar-refractivity contribution is 6.32. The van der Waals surface area contributed by atoms with Gasteiger partial charge in [0.1, 0.15) is 11.5 Å². The molecule has 1 heterocycles. The van der Waals surface area contributed by atoms with E-state index in [4.69, 9.17) is 26.0 Å². The van der Waals surface area contributed by atoms with E-state index in [2.05, 4.69) is 0 Å². The molecule has 4 nitrogen and oxygen atoms in total. The molecule has 0 radical (unpaired) electrons. The van der Waals surface area contributed by atoms with Gasteiger partial charge in [0.25, 0.3) is 0 Å². The van der Waals surface area contributed by atoms with E-state index in [1.54, 1.807) is 12.1 Å². The molecule has 94 valence electrons. The summed E-state index contributed by atoms with van der Waals surface area (Å²) in [5.41, 5.74) is 0.399. The molecule has 0 aliphatic heterocycles. The van der Waals surface area contributed by atoms with Gasteiger partial charge in [0.15, 0.2) is 0 Å². The monoisotopic (exact) mass is 273 g/mol. The van der Waals surface area contributed by atoms with Crippen molar-refractivity contribution in [2.45, 2.75) is 0 Å². The average Bonchev–Trinajstić information content (AvgIpc) is 2.92. The number of benzene rings is 1. The second-order valence-electron chi connectivity index (χ2n) is 3.53. The van der Waals surface area contributed by atoms with E-state index in [0.29, 0.717) is 11.3 Å². The number of hydrogen-bond donors (Lipinski definition) is 0. The van der Waals surface area contributed by atoms with Crippen LogP contribution in [-0.4, -0.2) is 5.97 Å². The number of esters is 1. The minimum absolute atomic E-state index is 0.203. The summed E-state index contributed by atoms with van der Waals surface area (Å²) in [6.07, 6.45) is 4.22. The first kappa shape index (κ1) is 12.9. The summed E-state index contributed by atoms with van der Waals surface area (Å²) in [5, 5.41) is 8.89. The zero-order valence-corrected chi connectivity index (χ0v) is 10.4. The fourth-order valence-corrected chi connectivity index (χ4v) is 1.55. The fraction of sp³-hybridized carbons (Fsp3) is 0. The Hall–Kier alpha value is -2.51. The van der Waals surface area contributed by atoms with Crippen molar-refractivity contribution >= 4 is 23.6 Å². The smallest absolute Gasteiger partial charge is 0.336 e. The van der Waals surface area contributed by atoms with E-state index in [1.165, 1.54) is 36.6 Å². The van der Waals surface area contributed by atoms with E-state index >= 15 is 0 Å². The molecule has 0 unspecified atom stereocenters. The average molecular weight is 274 g/mol. The first-order valence-corrected chi connectivity index (χ1v) is 5.70. The fourth-order valence-electron chi connectivity index (χ4n) is 1.33. The van der Waals surface area contributed by atoms with Crippen LogP contribution in [0.4, 0.5) is 0 Å². The first-order valence-electron chi connectivity index (χ1n) is 5.32. The summed E-state index contributed by atoms with van der Waals surface area (Å²) in [7, 11) is 0. The predicted molar refractivity (Wildman–Crippen MR) is 69.5 cm³/mol.